The van der Waals surface area contributed by atoms with Gasteiger partial charge >= 0.3 is 0 Å². The Morgan fingerprint density at radius 1 is 0.591 bits per heavy atom. The predicted octanol–water partition coefficient (Wildman–Crippen LogP) is 4.26. The first-order valence-electron chi connectivity index (χ1n) is 8.17. The van der Waals surface area contributed by atoms with E-state index in [1.54, 1.807) is 0 Å². The minimum atomic E-state index is 1.01. The van der Waals surface area contributed by atoms with E-state index in [0.29, 0.717) is 0 Å². The quantitative estimate of drug-likeness (QED) is 0.753. The fraction of sp³-hybridized carbons (Fsp3) is 0.400. The fourth-order valence-electron chi connectivity index (χ4n) is 2.45. The molecule has 0 aliphatic carbocycles. The van der Waals surface area contributed by atoms with E-state index in [1.165, 1.54) is 22.3 Å². The highest BCUT2D eigenvalue weighted by atomic mass is 15.1. The molecule has 0 atom stereocenters. The average Bonchev–Trinajstić information content (AvgIpc) is 2.56. The molecule has 0 aliphatic heterocycles. The van der Waals surface area contributed by atoms with Gasteiger partial charge in [-0.15, -0.1) is 0 Å². The van der Waals surface area contributed by atoms with Crippen molar-refractivity contribution in [3.8, 4) is 11.1 Å². The molecule has 0 spiro atoms. The van der Waals surface area contributed by atoms with Crippen LogP contribution in [0.5, 0.6) is 0 Å². The van der Waals surface area contributed by atoms with Crippen LogP contribution in [0.4, 0.5) is 0 Å². The first-order valence-corrected chi connectivity index (χ1v) is 8.17. The molecular weight excluding hydrogens is 268 g/mol. The van der Waals surface area contributed by atoms with E-state index in [9.17, 15) is 0 Å². The SMILES string of the molecule is CCN(C)Cc1ccc(-c2ccc(CN(C)CC)cc2)cc1. The zero-order chi connectivity index (χ0) is 15.9. The Morgan fingerprint density at radius 3 is 1.18 bits per heavy atom. The maximum absolute atomic E-state index is 2.31. The van der Waals surface area contributed by atoms with Crippen molar-refractivity contribution in [1.29, 1.82) is 0 Å². The van der Waals surface area contributed by atoms with Crippen molar-refractivity contribution >= 4 is 0 Å². The Balaban J connectivity index is 2.05. The van der Waals surface area contributed by atoms with Crippen molar-refractivity contribution in [2.45, 2.75) is 26.9 Å². The van der Waals surface area contributed by atoms with Gasteiger partial charge in [-0.05, 0) is 49.4 Å². The van der Waals surface area contributed by atoms with Crippen LogP contribution in [0.25, 0.3) is 11.1 Å². The summed E-state index contributed by atoms with van der Waals surface area (Å²) >= 11 is 0. The van der Waals surface area contributed by atoms with Gasteiger partial charge in [0.25, 0.3) is 0 Å². The highest BCUT2D eigenvalue weighted by Crippen LogP contribution is 2.21. The Kier molecular flexibility index (Phi) is 6.17. The van der Waals surface area contributed by atoms with Crippen molar-refractivity contribution in [1.82, 2.24) is 9.80 Å². The largest absolute Gasteiger partial charge is 0.302 e. The summed E-state index contributed by atoms with van der Waals surface area (Å²) < 4.78 is 0. The van der Waals surface area contributed by atoms with Crippen LogP contribution >= 0.6 is 0 Å². The van der Waals surface area contributed by atoms with E-state index in [1.807, 2.05) is 0 Å². The van der Waals surface area contributed by atoms with Crippen LogP contribution in [-0.4, -0.2) is 37.0 Å². The van der Waals surface area contributed by atoms with E-state index in [-0.39, 0.29) is 0 Å². The molecule has 0 saturated carbocycles. The lowest BCUT2D eigenvalue weighted by Crippen LogP contribution is -2.16. The summed E-state index contributed by atoms with van der Waals surface area (Å²) in [7, 11) is 4.31. The number of nitrogens with zero attached hydrogens (tertiary/aromatic N) is 2. The van der Waals surface area contributed by atoms with Crippen molar-refractivity contribution in [2.24, 2.45) is 0 Å². The second-order valence-corrected chi connectivity index (χ2v) is 6.05. The molecule has 0 saturated heterocycles. The van der Waals surface area contributed by atoms with Crippen LogP contribution in [0.3, 0.4) is 0 Å². The third-order valence-corrected chi connectivity index (χ3v) is 4.23. The predicted molar refractivity (Wildman–Crippen MR) is 95.9 cm³/mol. The van der Waals surface area contributed by atoms with Gasteiger partial charge in [0, 0.05) is 13.1 Å². The minimum absolute atomic E-state index is 1.01. The molecule has 0 heterocycles. The number of benzene rings is 2. The van der Waals surface area contributed by atoms with E-state index in [4.69, 9.17) is 0 Å². The average molecular weight is 296 g/mol. The lowest BCUT2D eigenvalue weighted by molar-refractivity contribution is 0.346. The smallest absolute Gasteiger partial charge is 0.0230 e. The molecule has 118 valence electrons. The van der Waals surface area contributed by atoms with Crippen LogP contribution in [0.1, 0.15) is 25.0 Å². The molecule has 0 bridgehead atoms. The number of hydrogen-bond acceptors (Lipinski definition) is 2. The van der Waals surface area contributed by atoms with E-state index in [2.05, 4.69) is 86.3 Å². The molecule has 22 heavy (non-hydrogen) atoms. The monoisotopic (exact) mass is 296 g/mol. The Labute approximate surface area is 135 Å². The second kappa shape index (κ2) is 8.11. The van der Waals surface area contributed by atoms with Gasteiger partial charge in [0.05, 0.1) is 0 Å². The summed E-state index contributed by atoms with van der Waals surface area (Å²) in [6.45, 7) is 8.56. The normalized spacial score (nSPS) is 11.4. The van der Waals surface area contributed by atoms with Gasteiger partial charge in [-0.25, -0.2) is 0 Å². The van der Waals surface area contributed by atoms with Gasteiger partial charge < -0.3 is 9.80 Å². The van der Waals surface area contributed by atoms with Gasteiger partial charge in [-0.1, -0.05) is 62.4 Å². The second-order valence-electron chi connectivity index (χ2n) is 6.05. The van der Waals surface area contributed by atoms with Crippen molar-refractivity contribution < 1.29 is 0 Å². The Hall–Kier alpha value is -1.64. The summed E-state index contributed by atoms with van der Waals surface area (Å²) in [5, 5.41) is 0. The fourth-order valence-corrected chi connectivity index (χ4v) is 2.45. The number of hydrogen-bond donors (Lipinski definition) is 0. The molecule has 0 aliphatic rings. The molecule has 2 rings (SSSR count). The lowest BCUT2D eigenvalue weighted by Gasteiger charge is -2.15. The molecule has 2 aromatic carbocycles. The molecule has 0 amide bonds. The third-order valence-electron chi connectivity index (χ3n) is 4.23. The summed E-state index contributed by atoms with van der Waals surface area (Å²) in [4.78, 5) is 4.63. The maximum Gasteiger partial charge on any atom is 0.0230 e. The van der Waals surface area contributed by atoms with E-state index >= 15 is 0 Å². The first kappa shape index (κ1) is 16.7. The number of rotatable bonds is 7. The zero-order valence-electron chi connectivity index (χ0n) is 14.3. The zero-order valence-corrected chi connectivity index (χ0v) is 14.3. The molecular formula is C20H28N2. The Morgan fingerprint density at radius 2 is 0.909 bits per heavy atom. The van der Waals surface area contributed by atoms with Crippen molar-refractivity contribution in [3.63, 3.8) is 0 Å². The lowest BCUT2D eigenvalue weighted by atomic mass is 10.0. The highest BCUT2D eigenvalue weighted by Gasteiger charge is 2.02. The molecule has 0 fully saturated rings. The summed E-state index contributed by atoms with van der Waals surface area (Å²) in [6.07, 6.45) is 0. The molecule has 2 heteroatoms. The topological polar surface area (TPSA) is 6.48 Å². The van der Waals surface area contributed by atoms with Crippen LogP contribution in [0.2, 0.25) is 0 Å². The van der Waals surface area contributed by atoms with Gasteiger partial charge in [-0.2, -0.15) is 0 Å². The summed E-state index contributed by atoms with van der Waals surface area (Å²) in [5.41, 5.74) is 5.32. The molecule has 2 aromatic rings. The van der Waals surface area contributed by atoms with E-state index < -0.39 is 0 Å². The molecule has 0 N–H and O–H groups in total. The maximum atomic E-state index is 2.31. The van der Waals surface area contributed by atoms with Crippen LogP contribution < -0.4 is 0 Å². The highest BCUT2D eigenvalue weighted by molar-refractivity contribution is 5.63. The van der Waals surface area contributed by atoms with Gasteiger partial charge in [0.2, 0.25) is 0 Å². The minimum Gasteiger partial charge on any atom is -0.302 e. The first-order chi connectivity index (χ1) is 10.6. The van der Waals surface area contributed by atoms with Crippen LogP contribution in [0.15, 0.2) is 48.5 Å². The molecule has 0 aromatic heterocycles. The van der Waals surface area contributed by atoms with E-state index in [0.717, 1.165) is 26.2 Å². The van der Waals surface area contributed by atoms with Crippen LogP contribution in [-0.2, 0) is 13.1 Å². The molecule has 2 nitrogen and oxygen atoms in total. The van der Waals surface area contributed by atoms with Crippen LogP contribution in [0, 0.1) is 0 Å². The van der Waals surface area contributed by atoms with Crippen molar-refractivity contribution in [3.05, 3.63) is 59.7 Å². The molecule has 0 radical (unpaired) electrons. The van der Waals surface area contributed by atoms with Crippen molar-refractivity contribution in [2.75, 3.05) is 27.2 Å². The molecule has 0 unspecified atom stereocenters. The third kappa shape index (κ3) is 4.69. The summed E-state index contributed by atoms with van der Waals surface area (Å²) in [6, 6.07) is 17.9. The van der Waals surface area contributed by atoms with Gasteiger partial charge in [0.1, 0.15) is 0 Å². The summed E-state index contributed by atoms with van der Waals surface area (Å²) in [5.74, 6) is 0. The van der Waals surface area contributed by atoms with Gasteiger partial charge in [-0.3, -0.25) is 0 Å². The Bertz CT molecular complexity index is 504. The standard InChI is InChI=1S/C20H28N2/c1-5-21(3)15-17-7-11-19(12-8-17)20-13-9-18(10-14-20)16-22(4)6-2/h7-14H,5-6,15-16H2,1-4H3. The van der Waals surface area contributed by atoms with Gasteiger partial charge in [0.15, 0.2) is 0 Å².